The van der Waals surface area contributed by atoms with Crippen LogP contribution in [-0.4, -0.2) is 25.5 Å². The Kier molecular flexibility index (Phi) is 4.91. The van der Waals surface area contributed by atoms with Crippen molar-refractivity contribution >= 4 is 23.2 Å². The molecular weight excluding hydrogens is 368 g/mol. The molecule has 0 aromatic heterocycles. The third-order valence-electron chi connectivity index (χ3n) is 4.66. The maximum absolute atomic E-state index is 12.8. The fraction of sp³-hybridized carbons (Fsp3) is 0.130. The van der Waals surface area contributed by atoms with Crippen LogP contribution in [-0.2, 0) is 0 Å². The average molecular weight is 388 g/mol. The van der Waals surface area contributed by atoms with E-state index >= 15 is 0 Å². The zero-order valence-corrected chi connectivity index (χ0v) is 16.1. The number of hydrogen-bond donors (Lipinski definition) is 1. The van der Waals surface area contributed by atoms with Crippen molar-refractivity contribution in [2.75, 3.05) is 23.9 Å². The maximum atomic E-state index is 12.8. The van der Waals surface area contributed by atoms with Crippen LogP contribution < -0.4 is 19.7 Å². The molecule has 3 aromatic rings. The van der Waals surface area contributed by atoms with E-state index in [0.717, 1.165) is 0 Å². The van der Waals surface area contributed by atoms with Crippen molar-refractivity contribution in [3.8, 4) is 17.2 Å². The van der Waals surface area contributed by atoms with Crippen LogP contribution in [0.25, 0.3) is 0 Å². The number of nitrogens with zero attached hydrogens (tertiary/aromatic N) is 1. The van der Waals surface area contributed by atoms with Gasteiger partial charge in [0, 0.05) is 12.6 Å². The summed E-state index contributed by atoms with van der Waals surface area (Å²) in [5.74, 6) is 1.10. The van der Waals surface area contributed by atoms with Gasteiger partial charge < -0.3 is 19.7 Å². The average Bonchev–Trinajstić information content (AvgIpc) is 2.84. The van der Waals surface area contributed by atoms with Gasteiger partial charge in [0.05, 0.1) is 23.5 Å². The lowest BCUT2D eigenvalue weighted by atomic mass is 10.1. The Labute approximate surface area is 168 Å². The normalized spacial score (nSPS) is 12.3. The van der Waals surface area contributed by atoms with Gasteiger partial charge in [-0.1, -0.05) is 24.3 Å². The first kappa shape index (κ1) is 18.6. The Bertz CT molecular complexity index is 1090. The molecule has 0 bridgehead atoms. The fourth-order valence-corrected chi connectivity index (χ4v) is 3.19. The minimum atomic E-state index is -0.303. The Morgan fingerprint density at radius 2 is 1.79 bits per heavy atom. The zero-order valence-electron chi connectivity index (χ0n) is 16.1. The molecule has 3 aromatic carbocycles. The predicted octanol–water partition coefficient (Wildman–Crippen LogP) is 4.72. The summed E-state index contributed by atoms with van der Waals surface area (Å²) >= 11 is 0. The monoisotopic (exact) mass is 388 g/mol. The van der Waals surface area contributed by atoms with E-state index in [-0.39, 0.29) is 11.8 Å². The molecule has 0 saturated heterocycles. The summed E-state index contributed by atoms with van der Waals surface area (Å²) in [5, 5.41) is 2.87. The van der Waals surface area contributed by atoms with Gasteiger partial charge in [-0.15, -0.1) is 0 Å². The summed E-state index contributed by atoms with van der Waals surface area (Å²) in [6.45, 7) is 2.38. The first-order valence-corrected chi connectivity index (χ1v) is 9.30. The molecular formula is C23H20N2O4. The molecule has 29 heavy (non-hydrogen) atoms. The number of nitrogens with one attached hydrogen (secondary N) is 1. The van der Waals surface area contributed by atoms with Gasteiger partial charge in [0.1, 0.15) is 11.5 Å². The Hall–Kier alpha value is -3.80. The number of carbonyl (C=O) groups excluding carboxylic acids is 2. The van der Waals surface area contributed by atoms with Crippen LogP contribution in [0.3, 0.4) is 0 Å². The largest absolute Gasteiger partial charge is 0.492 e. The van der Waals surface area contributed by atoms with E-state index in [9.17, 15) is 9.59 Å². The van der Waals surface area contributed by atoms with Crippen LogP contribution >= 0.6 is 0 Å². The van der Waals surface area contributed by atoms with Crippen LogP contribution in [0.4, 0.5) is 11.4 Å². The highest BCUT2D eigenvalue weighted by molar-refractivity contribution is 6.11. The molecule has 4 rings (SSSR count). The van der Waals surface area contributed by atoms with Gasteiger partial charge in [-0.2, -0.15) is 0 Å². The third-order valence-corrected chi connectivity index (χ3v) is 4.66. The molecule has 1 heterocycles. The topological polar surface area (TPSA) is 67.9 Å². The molecule has 0 unspecified atom stereocenters. The highest BCUT2D eigenvalue weighted by Gasteiger charge is 2.26. The molecule has 1 aliphatic rings. The Morgan fingerprint density at radius 3 is 2.62 bits per heavy atom. The molecule has 0 spiro atoms. The standard InChI is InChI=1S/C23H20N2O4/c1-3-28-20-11-7-5-9-17(20)24-22(26)15-12-13-21-18(14-15)25(2)23(27)16-8-4-6-10-19(16)29-21/h4-14H,3H2,1-2H3,(H,24,26). The van der Waals surface area contributed by atoms with Crippen LogP contribution in [0, 0.1) is 0 Å². The SMILES string of the molecule is CCOc1ccccc1NC(=O)c1ccc2c(c1)N(C)C(=O)c1ccccc1O2. The molecule has 1 aliphatic heterocycles. The first-order valence-electron chi connectivity index (χ1n) is 9.30. The lowest BCUT2D eigenvalue weighted by Crippen LogP contribution is -2.25. The summed E-state index contributed by atoms with van der Waals surface area (Å²) in [5.41, 5.74) is 1.99. The summed E-state index contributed by atoms with van der Waals surface area (Å²) in [7, 11) is 1.67. The van der Waals surface area contributed by atoms with Crippen molar-refractivity contribution in [1.82, 2.24) is 0 Å². The van der Waals surface area contributed by atoms with Crippen molar-refractivity contribution < 1.29 is 19.1 Å². The van der Waals surface area contributed by atoms with Crippen LogP contribution in [0.2, 0.25) is 0 Å². The summed E-state index contributed by atoms with van der Waals surface area (Å²) in [6, 6.07) is 19.3. The summed E-state index contributed by atoms with van der Waals surface area (Å²) in [4.78, 5) is 27.1. The van der Waals surface area contributed by atoms with Crippen molar-refractivity contribution in [2.24, 2.45) is 0 Å². The molecule has 6 nitrogen and oxygen atoms in total. The molecule has 146 valence electrons. The number of rotatable bonds is 4. The first-order chi connectivity index (χ1) is 14.1. The lowest BCUT2D eigenvalue weighted by molar-refractivity contribution is 0.0989. The second-order valence-corrected chi connectivity index (χ2v) is 6.53. The molecule has 2 amide bonds. The van der Waals surface area contributed by atoms with Crippen molar-refractivity contribution in [3.05, 3.63) is 77.9 Å². The molecule has 0 atom stereocenters. The highest BCUT2D eigenvalue weighted by atomic mass is 16.5. The molecule has 0 aliphatic carbocycles. The van der Waals surface area contributed by atoms with Crippen LogP contribution in [0.15, 0.2) is 66.7 Å². The number of para-hydroxylation sites is 3. The lowest BCUT2D eigenvalue weighted by Gasteiger charge is -2.17. The van der Waals surface area contributed by atoms with E-state index < -0.39 is 0 Å². The van der Waals surface area contributed by atoms with Gasteiger partial charge >= 0.3 is 0 Å². The van der Waals surface area contributed by atoms with E-state index in [1.807, 2.05) is 25.1 Å². The molecule has 0 fully saturated rings. The highest BCUT2D eigenvalue weighted by Crippen LogP contribution is 2.38. The van der Waals surface area contributed by atoms with E-state index in [1.165, 1.54) is 4.90 Å². The minimum absolute atomic E-state index is 0.196. The molecule has 1 N–H and O–H groups in total. The van der Waals surface area contributed by atoms with E-state index in [4.69, 9.17) is 9.47 Å². The minimum Gasteiger partial charge on any atom is -0.492 e. The number of fused-ring (bicyclic) bond motifs is 2. The van der Waals surface area contributed by atoms with Gasteiger partial charge in [-0.25, -0.2) is 0 Å². The number of carbonyl (C=O) groups is 2. The quantitative estimate of drug-likeness (QED) is 0.702. The summed E-state index contributed by atoms with van der Waals surface area (Å²) in [6.07, 6.45) is 0. The van der Waals surface area contributed by atoms with E-state index in [2.05, 4.69) is 5.32 Å². The van der Waals surface area contributed by atoms with Gasteiger partial charge in [-0.05, 0) is 49.4 Å². The molecule has 6 heteroatoms. The number of anilines is 2. The predicted molar refractivity (Wildman–Crippen MR) is 111 cm³/mol. The second-order valence-electron chi connectivity index (χ2n) is 6.53. The van der Waals surface area contributed by atoms with Gasteiger partial charge in [0.2, 0.25) is 0 Å². The number of amides is 2. The van der Waals surface area contributed by atoms with Crippen LogP contribution in [0.5, 0.6) is 17.2 Å². The number of ether oxygens (including phenoxy) is 2. The van der Waals surface area contributed by atoms with Crippen molar-refractivity contribution in [1.29, 1.82) is 0 Å². The Morgan fingerprint density at radius 1 is 1.03 bits per heavy atom. The Balaban J connectivity index is 1.65. The maximum Gasteiger partial charge on any atom is 0.261 e. The molecule has 0 radical (unpaired) electrons. The van der Waals surface area contributed by atoms with Gasteiger partial charge in [0.15, 0.2) is 5.75 Å². The van der Waals surface area contributed by atoms with Gasteiger partial charge in [0.25, 0.3) is 11.8 Å². The summed E-state index contributed by atoms with van der Waals surface area (Å²) < 4.78 is 11.5. The molecule has 0 saturated carbocycles. The second kappa shape index (κ2) is 7.67. The van der Waals surface area contributed by atoms with E-state index in [0.29, 0.717) is 46.4 Å². The van der Waals surface area contributed by atoms with Crippen molar-refractivity contribution in [3.63, 3.8) is 0 Å². The van der Waals surface area contributed by atoms with Gasteiger partial charge in [-0.3, -0.25) is 9.59 Å². The van der Waals surface area contributed by atoms with Crippen LogP contribution in [0.1, 0.15) is 27.6 Å². The van der Waals surface area contributed by atoms with E-state index in [1.54, 1.807) is 55.6 Å². The smallest absolute Gasteiger partial charge is 0.261 e. The van der Waals surface area contributed by atoms with Crippen molar-refractivity contribution in [2.45, 2.75) is 6.92 Å². The number of benzene rings is 3. The zero-order chi connectivity index (χ0) is 20.4. The number of hydrogen-bond acceptors (Lipinski definition) is 4. The fourth-order valence-electron chi connectivity index (χ4n) is 3.19. The third kappa shape index (κ3) is 3.52.